The van der Waals surface area contributed by atoms with Gasteiger partial charge in [-0.05, 0) is 37.5 Å². The number of nitrogens with one attached hydrogen (secondary N) is 1. The van der Waals surface area contributed by atoms with Crippen LogP contribution in [0.1, 0.15) is 26.2 Å². The highest BCUT2D eigenvalue weighted by molar-refractivity contribution is 6.39. The number of rotatable bonds is 3. The second-order valence-electron chi connectivity index (χ2n) is 6.35. The molecule has 0 bridgehead atoms. The number of nitrogens with zero attached hydrogens (tertiary/aromatic N) is 2. The molecule has 2 aliphatic heterocycles. The number of amides is 2. The van der Waals surface area contributed by atoms with Gasteiger partial charge in [0.1, 0.15) is 0 Å². The maximum atomic E-state index is 12.4. The molecule has 6 nitrogen and oxygen atoms in total. The first-order valence-corrected chi connectivity index (χ1v) is 8.74. The number of ether oxygens (including phenoxy) is 1. The molecule has 24 heavy (non-hydrogen) atoms. The van der Waals surface area contributed by atoms with Crippen LogP contribution in [0.4, 0.5) is 11.4 Å². The average Bonchev–Trinajstić information content (AvgIpc) is 3.16. The zero-order valence-corrected chi connectivity index (χ0v) is 14.2. The lowest BCUT2D eigenvalue weighted by Crippen LogP contribution is -2.49. The van der Waals surface area contributed by atoms with Crippen LogP contribution < -0.4 is 10.2 Å². The summed E-state index contributed by atoms with van der Waals surface area (Å²) >= 11 is 0. The van der Waals surface area contributed by atoms with Gasteiger partial charge in [0.25, 0.3) is 0 Å². The van der Waals surface area contributed by atoms with Crippen molar-refractivity contribution in [2.45, 2.75) is 32.3 Å². The lowest BCUT2D eigenvalue weighted by Gasteiger charge is -2.32. The third-order valence-corrected chi connectivity index (χ3v) is 4.65. The van der Waals surface area contributed by atoms with Crippen LogP contribution >= 0.6 is 0 Å². The van der Waals surface area contributed by atoms with Crippen molar-refractivity contribution >= 4 is 23.2 Å². The second-order valence-corrected chi connectivity index (χ2v) is 6.35. The van der Waals surface area contributed by atoms with E-state index in [4.69, 9.17) is 4.74 Å². The SMILES string of the molecule is CCC1CN(C(=O)C(=O)Nc2cccc(N3CCCC3)c2)CCO1. The Labute approximate surface area is 142 Å². The Bertz CT molecular complexity index is 599. The predicted octanol–water partition coefficient (Wildman–Crippen LogP) is 1.86. The highest BCUT2D eigenvalue weighted by Crippen LogP contribution is 2.23. The quantitative estimate of drug-likeness (QED) is 0.859. The van der Waals surface area contributed by atoms with Crippen LogP contribution in [0.3, 0.4) is 0 Å². The molecule has 2 heterocycles. The van der Waals surface area contributed by atoms with Crippen LogP contribution in [-0.2, 0) is 14.3 Å². The van der Waals surface area contributed by atoms with Gasteiger partial charge in [-0.1, -0.05) is 13.0 Å². The van der Waals surface area contributed by atoms with Crippen molar-refractivity contribution in [3.05, 3.63) is 24.3 Å². The summed E-state index contributed by atoms with van der Waals surface area (Å²) in [7, 11) is 0. The van der Waals surface area contributed by atoms with E-state index >= 15 is 0 Å². The topological polar surface area (TPSA) is 61.9 Å². The molecule has 1 N–H and O–H groups in total. The lowest BCUT2D eigenvalue weighted by atomic mass is 10.2. The maximum Gasteiger partial charge on any atom is 0.313 e. The van der Waals surface area contributed by atoms with Gasteiger partial charge in [0, 0.05) is 37.6 Å². The number of benzene rings is 1. The molecule has 0 aromatic heterocycles. The van der Waals surface area contributed by atoms with Crippen molar-refractivity contribution in [1.29, 1.82) is 0 Å². The van der Waals surface area contributed by atoms with E-state index in [1.54, 1.807) is 4.90 Å². The van der Waals surface area contributed by atoms with Crippen LogP contribution in [0, 0.1) is 0 Å². The van der Waals surface area contributed by atoms with Crippen molar-refractivity contribution in [3.8, 4) is 0 Å². The van der Waals surface area contributed by atoms with Crippen LogP contribution in [0.2, 0.25) is 0 Å². The summed E-state index contributed by atoms with van der Waals surface area (Å²) in [5, 5.41) is 2.74. The third kappa shape index (κ3) is 3.87. The van der Waals surface area contributed by atoms with Crippen LogP contribution in [0.25, 0.3) is 0 Å². The Hall–Kier alpha value is -2.08. The molecule has 2 aliphatic rings. The van der Waals surface area contributed by atoms with Gasteiger partial charge in [-0.2, -0.15) is 0 Å². The molecule has 1 atom stereocenters. The first-order chi connectivity index (χ1) is 11.7. The Kier molecular flexibility index (Phi) is 5.35. The van der Waals surface area contributed by atoms with Gasteiger partial charge in [-0.15, -0.1) is 0 Å². The fraction of sp³-hybridized carbons (Fsp3) is 0.556. The standard InChI is InChI=1S/C18H25N3O3/c1-2-16-13-21(10-11-24-16)18(23)17(22)19-14-6-5-7-15(12-14)20-8-3-4-9-20/h5-7,12,16H,2-4,8-11,13H2,1H3,(H,19,22). The molecule has 0 radical (unpaired) electrons. The zero-order valence-electron chi connectivity index (χ0n) is 14.2. The van der Waals surface area contributed by atoms with E-state index < -0.39 is 11.8 Å². The molecule has 0 saturated carbocycles. The monoisotopic (exact) mass is 331 g/mol. The molecule has 3 rings (SSSR count). The fourth-order valence-corrected chi connectivity index (χ4v) is 3.23. The van der Waals surface area contributed by atoms with E-state index in [9.17, 15) is 9.59 Å². The highest BCUT2D eigenvalue weighted by Gasteiger charge is 2.27. The molecule has 1 aromatic carbocycles. The Morgan fingerprint density at radius 1 is 1.25 bits per heavy atom. The van der Waals surface area contributed by atoms with Gasteiger partial charge in [0.05, 0.1) is 12.7 Å². The lowest BCUT2D eigenvalue weighted by molar-refractivity contribution is -0.148. The molecular weight excluding hydrogens is 306 g/mol. The Morgan fingerprint density at radius 3 is 2.79 bits per heavy atom. The van der Waals surface area contributed by atoms with Gasteiger partial charge in [0.2, 0.25) is 0 Å². The number of carbonyl (C=O) groups is 2. The van der Waals surface area contributed by atoms with E-state index in [0.717, 1.165) is 25.2 Å². The molecular formula is C18H25N3O3. The molecule has 130 valence electrons. The number of morpholine rings is 1. The number of carbonyl (C=O) groups excluding carboxylic acids is 2. The zero-order chi connectivity index (χ0) is 16.9. The molecule has 0 aliphatic carbocycles. The molecule has 2 fully saturated rings. The first kappa shape index (κ1) is 16.8. The normalized spacial score (nSPS) is 21.0. The number of anilines is 2. The van der Waals surface area contributed by atoms with Crippen molar-refractivity contribution in [3.63, 3.8) is 0 Å². The summed E-state index contributed by atoms with van der Waals surface area (Å²) in [5.74, 6) is -1.06. The number of hydrogen-bond acceptors (Lipinski definition) is 4. The van der Waals surface area contributed by atoms with Gasteiger partial charge in [0.15, 0.2) is 0 Å². The highest BCUT2D eigenvalue weighted by atomic mass is 16.5. The minimum atomic E-state index is -0.578. The van der Waals surface area contributed by atoms with Crippen LogP contribution in [0.15, 0.2) is 24.3 Å². The molecule has 2 saturated heterocycles. The largest absolute Gasteiger partial charge is 0.375 e. The van der Waals surface area contributed by atoms with Crippen LogP contribution in [-0.4, -0.2) is 55.6 Å². The van der Waals surface area contributed by atoms with Gasteiger partial charge < -0.3 is 19.9 Å². The molecule has 0 spiro atoms. The molecule has 1 aromatic rings. The minimum absolute atomic E-state index is 0.0222. The second kappa shape index (κ2) is 7.66. The summed E-state index contributed by atoms with van der Waals surface area (Å²) in [6.07, 6.45) is 3.26. The fourth-order valence-electron chi connectivity index (χ4n) is 3.23. The van der Waals surface area contributed by atoms with E-state index in [2.05, 4.69) is 10.2 Å². The minimum Gasteiger partial charge on any atom is -0.375 e. The summed E-state index contributed by atoms with van der Waals surface area (Å²) in [5.41, 5.74) is 1.76. The van der Waals surface area contributed by atoms with E-state index in [1.807, 2.05) is 31.2 Å². The van der Waals surface area contributed by atoms with Crippen molar-refractivity contribution in [1.82, 2.24) is 4.90 Å². The van der Waals surface area contributed by atoms with E-state index in [-0.39, 0.29) is 6.10 Å². The predicted molar refractivity (Wildman–Crippen MR) is 93.1 cm³/mol. The first-order valence-electron chi connectivity index (χ1n) is 8.74. The number of hydrogen-bond donors (Lipinski definition) is 1. The van der Waals surface area contributed by atoms with Gasteiger partial charge in [-0.3, -0.25) is 9.59 Å². The van der Waals surface area contributed by atoms with Crippen LogP contribution in [0.5, 0.6) is 0 Å². The Morgan fingerprint density at radius 2 is 2.04 bits per heavy atom. The summed E-state index contributed by atoms with van der Waals surface area (Å²) in [4.78, 5) is 28.5. The smallest absolute Gasteiger partial charge is 0.313 e. The van der Waals surface area contributed by atoms with E-state index in [1.165, 1.54) is 12.8 Å². The van der Waals surface area contributed by atoms with Crippen molar-refractivity contribution in [2.24, 2.45) is 0 Å². The van der Waals surface area contributed by atoms with Gasteiger partial charge in [-0.25, -0.2) is 0 Å². The third-order valence-electron chi connectivity index (χ3n) is 4.65. The maximum absolute atomic E-state index is 12.4. The summed E-state index contributed by atoms with van der Waals surface area (Å²) in [6, 6.07) is 7.70. The Balaban J connectivity index is 1.61. The van der Waals surface area contributed by atoms with Crippen molar-refractivity contribution < 1.29 is 14.3 Å². The molecule has 6 heteroatoms. The summed E-state index contributed by atoms with van der Waals surface area (Å²) < 4.78 is 5.55. The average molecular weight is 331 g/mol. The van der Waals surface area contributed by atoms with E-state index in [0.29, 0.717) is 25.4 Å². The van der Waals surface area contributed by atoms with Gasteiger partial charge >= 0.3 is 11.8 Å². The summed E-state index contributed by atoms with van der Waals surface area (Å²) in [6.45, 7) is 5.54. The van der Waals surface area contributed by atoms with Crippen molar-refractivity contribution in [2.75, 3.05) is 43.0 Å². The molecule has 2 amide bonds. The molecule has 1 unspecified atom stereocenters.